The van der Waals surface area contributed by atoms with E-state index in [0.29, 0.717) is 6.54 Å². The molecule has 2 rings (SSSR count). The Balaban J connectivity index is 2.02. The van der Waals surface area contributed by atoms with E-state index in [-0.39, 0.29) is 28.4 Å². The number of phenolic OH excluding ortho intramolecular Hbond substituents is 2. The van der Waals surface area contributed by atoms with Crippen LogP contribution in [0.25, 0.3) is 0 Å². The van der Waals surface area contributed by atoms with Gasteiger partial charge >= 0.3 is 0 Å². The summed E-state index contributed by atoms with van der Waals surface area (Å²) in [6.45, 7) is 2.75. The molecule has 1 saturated carbocycles. The van der Waals surface area contributed by atoms with Gasteiger partial charge in [0.2, 0.25) is 0 Å². The number of hydrogen-bond donors (Lipinski definition) is 3. The highest BCUT2D eigenvalue weighted by Gasteiger charge is 2.37. The molecule has 0 aromatic heterocycles. The Morgan fingerprint density at radius 1 is 1.44 bits per heavy atom. The number of amides is 1. The van der Waals surface area contributed by atoms with Gasteiger partial charge in [-0.1, -0.05) is 6.92 Å². The second-order valence-electron chi connectivity index (χ2n) is 4.69. The highest BCUT2D eigenvalue weighted by molar-refractivity contribution is 5.97. The van der Waals surface area contributed by atoms with E-state index in [9.17, 15) is 9.90 Å². The van der Waals surface area contributed by atoms with Gasteiger partial charge in [0.25, 0.3) is 5.91 Å². The van der Waals surface area contributed by atoms with Gasteiger partial charge in [-0.3, -0.25) is 4.79 Å². The third-order valence-electron chi connectivity index (χ3n) is 3.01. The molecule has 0 radical (unpaired) electrons. The van der Waals surface area contributed by atoms with Crippen LogP contribution in [0.15, 0.2) is 18.2 Å². The molecule has 1 aromatic rings. The molecule has 0 saturated heterocycles. The highest BCUT2D eigenvalue weighted by atomic mass is 16.3. The molecule has 0 bridgehead atoms. The average molecular weight is 221 g/mol. The van der Waals surface area contributed by atoms with Crippen LogP contribution in [0, 0.1) is 5.41 Å². The Bertz CT molecular complexity index is 424. The Morgan fingerprint density at radius 2 is 2.12 bits per heavy atom. The SMILES string of the molecule is CC1(CNC(=O)c2ccc(O)cc2O)CC1. The lowest BCUT2D eigenvalue weighted by atomic mass is 10.1. The fraction of sp³-hybridized carbons (Fsp3) is 0.417. The summed E-state index contributed by atoms with van der Waals surface area (Å²) in [6.07, 6.45) is 2.27. The fourth-order valence-electron chi connectivity index (χ4n) is 1.49. The molecule has 86 valence electrons. The standard InChI is InChI=1S/C12H15NO3/c1-12(4-5-12)7-13-11(16)9-3-2-8(14)6-10(9)15/h2-3,6,14-15H,4-5,7H2,1H3,(H,13,16). The van der Waals surface area contributed by atoms with Crippen LogP contribution in [-0.2, 0) is 0 Å². The van der Waals surface area contributed by atoms with Crippen molar-refractivity contribution in [3.8, 4) is 11.5 Å². The summed E-state index contributed by atoms with van der Waals surface area (Å²) in [6, 6.07) is 3.95. The van der Waals surface area contributed by atoms with Gasteiger partial charge in [-0.05, 0) is 30.4 Å². The average Bonchev–Trinajstić information content (AvgIpc) is 2.94. The fourth-order valence-corrected chi connectivity index (χ4v) is 1.49. The van der Waals surface area contributed by atoms with E-state index in [1.807, 2.05) is 0 Å². The van der Waals surface area contributed by atoms with Crippen molar-refractivity contribution in [2.24, 2.45) is 5.41 Å². The van der Waals surface area contributed by atoms with Crippen molar-refractivity contribution in [2.75, 3.05) is 6.54 Å². The lowest BCUT2D eigenvalue weighted by molar-refractivity contribution is 0.0943. The van der Waals surface area contributed by atoms with E-state index < -0.39 is 0 Å². The van der Waals surface area contributed by atoms with E-state index in [4.69, 9.17) is 5.11 Å². The third kappa shape index (κ3) is 2.27. The van der Waals surface area contributed by atoms with Gasteiger partial charge in [-0.25, -0.2) is 0 Å². The monoisotopic (exact) mass is 221 g/mol. The van der Waals surface area contributed by atoms with Gasteiger partial charge in [0.1, 0.15) is 11.5 Å². The molecule has 3 N–H and O–H groups in total. The lowest BCUT2D eigenvalue weighted by Gasteiger charge is -2.10. The Kier molecular flexibility index (Phi) is 2.50. The van der Waals surface area contributed by atoms with Crippen molar-refractivity contribution in [1.82, 2.24) is 5.32 Å². The first-order valence-electron chi connectivity index (χ1n) is 5.30. The normalized spacial score (nSPS) is 16.8. The Hall–Kier alpha value is -1.71. The van der Waals surface area contributed by atoms with Crippen LogP contribution >= 0.6 is 0 Å². The van der Waals surface area contributed by atoms with Gasteiger partial charge < -0.3 is 15.5 Å². The number of rotatable bonds is 3. The molecule has 1 aromatic carbocycles. The number of carbonyl (C=O) groups is 1. The van der Waals surface area contributed by atoms with E-state index >= 15 is 0 Å². The van der Waals surface area contributed by atoms with Crippen LogP contribution in [-0.4, -0.2) is 22.7 Å². The lowest BCUT2D eigenvalue weighted by Crippen LogP contribution is -2.28. The first-order valence-corrected chi connectivity index (χ1v) is 5.30. The maximum absolute atomic E-state index is 11.7. The largest absolute Gasteiger partial charge is 0.508 e. The molecule has 4 nitrogen and oxygen atoms in total. The van der Waals surface area contributed by atoms with E-state index in [1.165, 1.54) is 12.1 Å². The van der Waals surface area contributed by atoms with Crippen LogP contribution < -0.4 is 5.32 Å². The first-order chi connectivity index (χ1) is 7.50. The maximum Gasteiger partial charge on any atom is 0.255 e. The summed E-state index contributed by atoms with van der Waals surface area (Å²) >= 11 is 0. The van der Waals surface area contributed by atoms with Gasteiger partial charge in [0.05, 0.1) is 5.56 Å². The predicted octanol–water partition coefficient (Wildman–Crippen LogP) is 1.63. The number of phenols is 2. The van der Waals surface area contributed by atoms with Gasteiger partial charge in [-0.2, -0.15) is 0 Å². The summed E-state index contributed by atoms with van der Waals surface area (Å²) in [5.74, 6) is -0.549. The summed E-state index contributed by atoms with van der Waals surface area (Å²) in [7, 11) is 0. The second kappa shape index (κ2) is 3.70. The summed E-state index contributed by atoms with van der Waals surface area (Å²) in [5, 5.41) is 21.4. The van der Waals surface area contributed by atoms with Crippen molar-refractivity contribution < 1.29 is 15.0 Å². The molecule has 0 heterocycles. The van der Waals surface area contributed by atoms with Crippen LogP contribution in [0.3, 0.4) is 0 Å². The van der Waals surface area contributed by atoms with Gasteiger partial charge in [-0.15, -0.1) is 0 Å². The zero-order valence-electron chi connectivity index (χ0n) is 9.16. The molecular weight excluding hydrogens is 206 g/mol. The smallest absolute Gasteiger partial charge is 0.255 e. The van der Waals surface area contributed by atoms with E-state index in [2.05, 4.69) is 12.2 Å². The van der Waals surface area contributed by atoms with Crippen LogP contribution in [0.2, 0.25) is 0 Å². The van der Waals surface area contributed by atoms with Crippen LogP contribution in [0.4, 0.5) is 0 Å². The number of aromatic hydroxyl groups is 2. The maximum atomic E-state index is 11.7. The zero-order valence-corrected chi connectivity index (χ0v) is 9.16. The zero-order chi connectivity index (χ0) is 11.8. The number of benzene rings is 1. The molecule has 16 heavy (non-hydrogen) atoms. The van der Waals surface area contributed by atoms with Crippen LogP contribution in [0.5, 0.6) is 11.5 Å². The molecule has 1 aliphatic rings. The minimum absolute atomic E-state index is 0.0526. The van der Waals surface area contributed by atoms with Gasteiger partial charge in [0, 0.05) is 12.6 Å². The van der Waals surface area contributed by atoms with Crippen molar-refractivity contribution in [3.05, 3.63) is 23.8 Å². The van der Waals surface area contributed by atoms with Crippen LogP contribution in [0.1, 0.15) is 30.1 Å². The summed E-state index contributed by atoms with van der Waals surface area (Å²) in [4.78, 5) is 11.7. The summed E-state index contributed by atoms with van der Waals surface area (Å²) in [5.41, 5.74) is 0.435. The minimum Gasteiger partial charge on any atom is -0.508 e. The quantitative estimate of drug-likeness (QED) is 0.726. The van der Waals surface area contributed by atoms with Crippen molar-refractivity contribution in [1.29, 1.82) is 0 Å². The van der Waals surface area contributed by atoms with E-state index in [0.717, 1.165) is 18.9 Å². The highest BCUT2D eigenvalue weighted by Crippen LogP contribution is 2.44. The molecule has 1 fully saturated rings. The molecule has 0 unspecified atom stereocenters. The molecule has 1 amide bonds. The topological polar surface area (TPSA) is 69.6 Å². The predicted molar refractivity (Wildman–Crippen MR) is 59.4 cm³/mol. The molecule has 0 aliphatic heterocycles. The van der Waals surface area contributed by atoms with E-state index in [1.54, 1.807) is 0 Å². The Morgan fingerprint density at radius 3 is 2.69 bits per heavy atom. The number of carbonyl (C=O) groups excluding carboxylic acids is 1. The second-order valence-corrected chi connectivity index (χ2v) is 4.69. The minimum atomic E-state index is -0.300. The first kappa shape index (κ1) is 10.8. The molecule has 4 heteroatoms. The number of nitrogens with one attached hydrogen (secondary N) is 1. The van der Waals surface area contributed by atoms with Crippen molar-refractivity contribution >= 4 is 5.91 Å². The molecule has 0 atom stereocenters. The number of hydrogen-bond acceptors (Lipinski definition) is 3. The van der Waals surface area contributed by atoms with Gasteiger partial charge in [0.15, 0.2) is 0 Å². The molecule has 1 aliphatic carbocycles. The molecular formula is C12H15NO3. The summed E-state index contributed by atoms with van der Waals surface area (Å²) < 4.78 is 0. The van der Waals surface area contributed by atoms with Crippen molar-refractivity contribution in [3.63, 3.8) is 0 Å². The van der Waals surface area contributed by atoms with Crippen molar-refractivity contribution in [2.45, 2.75) is 19.8 Å². The Labute approximate surface area is 93.9 Å². The molecule has 0 spiro atoms. The third-order valence-corrected chi connectivity index (χ3v) is 3.01.